The minimum absolute atomic E-state index is 0.262. The molecular weight excluding hydrogens is 329 g/mol. The number of hydrogen-bond acceptors (Lipinski definition) is 5. The van der Waals surface area contributed by atoms with Crippen LogP contribution in [-0.4, -0.2) is 62.0 Å². The number of piperazine rings is 1. The van der Waals surface area contributed by atoms with Crippen LogP contribution >= 0.6 is 11.6 Å². The molecule has 1 aromatic carbocycles. The number of nitrogens with zero attached hydrogens (tertiary/aromatic N) is 4. The molecule has 0 radical (unpaired) electrons. The predicted molar refractivity (Wildman–Crippen MR) is 96.7 cm³/mol. The molecule has 24 heavy (non-hydrogen) atoms. The van der Waals surface area contributed by atoms with Crippen molar-refractivity contribution in [1.82, 2.24) is 9.80 Å². The van der Waals surface area contributed by atoms with Crippen LogP contribution in [0.1, 0.15) is 11.1 Å². The van der Waals surface area contributed by atoms with Crippen LogP contribution in [0.25, 0.3) is 0 Å². The minimum atomic E-state index is -0.302. The van der Waals surface area contributed by atoms with Gasteiger partial charge in [0.25, 0.3) is 0 Å². The topological polar surface area (TPSA) is 34.1 Å². The van der Waals surface area contributed by atoms with Crippen LogP contribution in [0.15, 0.2) is 17.4 Å². The van der Waals surface area contributed by atoms with Gasteiger partial charge in [0.2, 0.25) is 0 Å². The SMILES string of the molecule is C=C1N=C2c3c(c(Cl)c(C)c(F)c3N1C)NCC1CN(C)CCN21. The first-order valence-electron chi connectivity index (χ1n) is 8.12. The van der Waals surface area contributed by atoms with Crippen molar-refractivity contribution in [3.8, 4) is 0 Å². The Kier molecular flexibility index (Phi) is 3.51. The zero-order valence-electron chi connectivity index (χ0n) is 14.2. The van der Waals surface area contributed by atoms with Crippen molar-refractivity contribution < 1.29 is 4.39 Å². The molecule has 128 valence electrons. The fraction of sp³-hybridized carbons (Fsp3) is 0.471. The second-order valence-electron chi connectivity index (χ2n) is 6.75. The zero-order chi connectivity index (χ0) is 17.2. The summed E-state index contributed by atoms with van der Waals surface area (Å²) in [4.78, 5) is 11.0. The Labute approximate surface area is 146 Å². The van der Waals surface area contributed by atoms with Crippen LogP contribution in [0.3, 0.4) is 0 Å². The van der Waals surface area contributed by atoms with Gasteiger partial charge in [-0.05, 0) is 14.0 Å². The highest BCUT2D eigenvalue weighted by atomic mass is 35.5. The zero-order valence-corrected chi connectivity index (χ0v) is 14.9. The number of benzene rings is 1. The largest absolute Gasteiger partial charge is 0.381 e. The Morgan fingerprint density at radius 2 is 2.08 bits per heavy atom. The standard InChI is InChI=1S/C17H21ClFN5/c1-9-13(18)15-12-16(14(9)19)23(4)10(2)21-17(12)24-6-5-22(3)8-11(24)7-20-15/h11,20H,2,5-8H2,1,3-4H3. The van der Waals surface area contributed by atoms with Crippen LogP contribution in [0.2, 0.25) is 5.02 Å². The molecule has 0 spiro atoms. The van der Waals surface area contributed by atoms with Crippen LogP contribution < -0.4 is 10.2 Å². The number of halogens is 2. The quantitative estimate of drug-likeness (QED) is 0.780. The Balaban J connectivity index is 1.98. The molecule has 0 amide bonds. The van der Waals surface area contributed by atoms with Gasteiger partial charge in [-0.25, -0.2) is 9.38 Å². The number of aliphatic imine (C=N–C) groups is 1. The Bertz CT molecular complexity index is 775. The van der Waals surface area contributed by atoms with Gasteiger partial charge in [-0.2, -0.15) is 0 Å². The molecule has 4 rings (SSSR count). The predicted octanol–water partition coefficient (Wildman–Crippen LogP) is 2.50. The Hall–Kier alpha value is -1.79. The molecule has 5 nitrogen and oxygen atoms in total. The number of likely N-dealkylation sites (N-methyl/N-ethyl adjacent to an activating group) is 1. The van der Waals surface area contributed by atoms with Gasteiger partial charge in [0, 0.05) is 38.8 Å². The van der Waals surface area contributed by atoms with E-state index in [1.807, 2.05) is 0 Å². The smallest absolute Gasteiger partial charge is 0.152 e. The van der Waals surface area contributed by atoms with Crippen molar-refractivity contribution in [3.05, 3.63) is 34.4 Å². The number of rotatable bonds is 0. The number of nitrogens with one attached hydrogen (secondary N) is 1. The lowest BCUT2D eigenvalue weighted by molar-refractivity contribution is 0.159. The van der Waals surface area contributed by atoms with E-state index in [0.29, 0.717) is 22.1 Å². The summed E-state index contributed by atoms with van der Waals surface area (Å²) in [5, 5.41) is 3.89. The van der Waals surface area contributed by atoms with Crippen LogP contribution in [0.5, 0.6) is 0 Å². The number of amidine groups is 1. The third-order valence-electron chi connectivity index (χ3n) is 5.23. The first kappa shape index (κ1) is 15.7. The molecular formula is C17H21ClFN5. The highest BCUT2D eigenvalue weighted by Crippen LogP contribution is 2.44. The lowest BCUT2D eigenvalue weighted by Crippen LogP contribution is -2.56. The lowest BCUT2D eigenvalue weighted by Gasteiger charge is -2.42. The van der Waals surface area contributed by atoms with E-state index in [1.54, 1.807) is 18.9 Å². The molecule has 1 unspecified atom stereocenters. The third-order valence-corrected chi connectivity index (χ3v) is 5.70. The molecule has 7 heteroatoms. The van der Waals surface area contributed by atoms with Gasteiger partial charge in [0.1, 0.15) is 11.7 Å². The van der Waals surface area contributed by atoms with Crippen LogP contribution in [0, 0.1) is 12.7 Å². The van der Waals surface area contributed by atoms with Gasteiger partial charge in [-0.3, -0.25) is 0 Å². The summed E-state index contributed by atoms with van der Waals surface area (Å²) >= 11 is 6.49. The molecule has 3 aliphatic heterocycles. The van der Waals surface area contributed by atoms with E-state index >= 15 is 4.39 Å². The Morgan fingerprint density at radius 3 is 2.83 bits per heavy atom. The first-order chi connectivity index (χ1) is 11.4. The molecule has 1 N–H and O–H groups in total. The summed E-state index contributed by atoms with van der Waals surface area (Å²) < 4.78 is 15.0. The molecule has 1 aromatic rings. The van der Waals surface area contributed by atoms with E-state index in [1.165, 1.54) is 0 Å². The van der Waals surface area contributed by atoms with E-state index in [0.717, 1.165) is 43.3 Å². The average Bonchev–Trinajstić information content (AvgIpc) is 2.70. The van der Waals surface area contributed by atoms with Gasteiger partial charge in [0.05, 0.1) is 28.0 Å². The normalized spacial score (nSPS) is 23.3. The summed E-state index contributed by atoms with van der Waals surface area (Å²) in [7, 11) is 3.91. The molecule has 3 heterocycles. The van der Waals surface area contributed by atoms with Crippen molar-refractivity contribution >= 4 is 28.8 Å². The van der Waals surface area contributed by atoms with Crippen LogP contribution in [0.4, 0.5) is 15.8 Å². The van der Waals surface area contributed by atoms with E-state index in [4.69, 9.17) is 16.6 Å². The summed E-state index contributed by atoms with van der Waals surface area (Å²) in [6.07, 6.45) is 0. The fourth-order valence-corrected chi connectivity index (χ4v) is 4.02. The maximum absolute atomic E-state index is 15.0. The molecule has 3 aliphatic rings. The van der Waals surface area contributed by atoms with E-state index < -0.39 is 0 Å². The number of fused-ring (bicyclic) bond motifs is 2. The van der Waals surface area contributed by atoms with Gasteiger partial charge >= 0.3 is 0 Å². The summed E-state index contributed by atoms with van der Waals surface area (Å²) in [6, 6.07) is 0.262. The third kappa shape index (κ3) is 2.06. The van der Waals surface area contributed by atoms with E-state index in [2.05, 4.69) is 28.7 Å². The average molecular weight is 350 g/mol. The van der Waals surface area contributed by atoms with Crippen molar-refractivity contribution in [2.45, 2.75) is 13.0 Å². The Morgan fingerprint density at radius 1 is 1.33 bits per heavy atom. The van der Waals surface area contributed by atoms with Crippen molar-refractivity contribution in [3.63, 3.8) is 0 Å². The highest BCUT2D eigenvalue weighted by Gasteiger charge is 2.39. The van der Waals surface area contributed by atoms with E-state index in [-0.39, 0.29) is 11.9 Å². The maximum Gasteiger partial charge on any atom is 0.152 e. The lowest BCUT2D eigenvalue weighted by atomic mass is 10.0. The van der Waals surface area contributed by atoms with Gasteiger partial charge in [-0.15, -0.1) is 0 Å². The molecule has 1 fully saturated rings. The van der Waals surface area contributed by atoms with E-state index in [9.17, 15) is 0 Å². The molecule has 1 atom stereocenters. The first-order valence-corrected chi connectivity index (χ1v) is 8.50. The second kappa shape index (κ2) is 5.36. The molecule has 0 aromatic heterocycles. The monoisotopic (exact) mass is 349 g/mol. The number of anilines is 2. The van der Waals surface area contributed by atoms with Crippen LogP contribution in [-0.2, 0) is 0 Å². The minimum Gasteiger partial charge on any atom is -0.381 e. The van der Waals surface area contributed by atoms with Gasteiger partial charge in [0.15, 0.2) is 5.82 Å². The molecule has 0 bridgehead atoms. The molecule has 1 saturated heterocycles. The summed E-state index contributed by atoms with van der Waals surface area (Å²) in [5.74, 6) is 1.03. The number of hydrogen-bond donors (Lipinski definition) is 1. The van der Waals surface area contributed by atoms with Crippen molar-refractivity contribution in [1.29, 1.82) is 0 Å². The fourth-order valence-electron chi connectivity index (χ4n) is 3.77. The molecule has 0 saturated carbocycles. The molecule has 0 aliphatic carbocycles. The summed E-state index contributed by atoms with van der Waals surface area (Å²) in [5.41, 5.74) is 2.50. The second-order valence-corrected chi connectivity index (χ2v) is 7.13. The maximum atomic E-state index is 15.0. The van der Waals surface area contributed by atoms with Crippen molar-refractivity contribution in [2.24, 2.45) is 4.99 Å². The van der Waals surface area contributed by atoms with Gasteiger partial charge < -0.3 is 20.0 Å². The van der Waals surface area contributed by atoms with Crippen molar-refractivity contribution in [2.75, 3.05) is 50.5 Å². The summed E-state index contributed by atoms with van der Waals surface area (Å²) in [6.45, 7) is 9.19. The van der Waals surface area contributed by atoms with Gasteiger partial charge in [-0.1, -0.05) is 18.2 Å². The highest BCUT2D eigenvalue weighted by molar-refractivity contribution is 6.35.